The van der Waals surface area contributed by atoms with Gasteiger partial charge < -0.3 is 15.0 Å². The van der Waals surface area contributed by atoms with E-state index >= 15 is 0 Å². The number of hydrogen-bond donors (Lipinski definition) is 1. The van der Waals surface area contributed by atoms with Gasteiger partial charge in [-0.25, -0.2) is 4.79 Å². The summed E-state index contributed by atoms with van der Waals surface area (Å²) in [6.07, 6.45) is -0.343. The quantitative estimate of drug-likeness (QED) is 0.839. The number of nitrogens with zero attached hydrogens (tertiary/aromatic N) is 1. The van der Waals surface area contributed by atoms with E-state index in [0.29, 0.717) is 6.54 Å². The van der Waals surface area contributed by atoms with Crippen LogP contribution in [0.4, 0.5) is 4.79 Å². The molecule has 0 aliphatic rings. The lowest BCUT2D eigenvalue weighted by Gasteiger charge is -2.28. The second kappa shape index (κ2) is 6.61. The van der Waals surface area contributed by atoms with E-state index in [1.807, 2.05) is 34.6 Å². The third-order valence-corrected chi connectivity index (χ3v) is 2.55. The first-order chi connectivity index (χ1) is 8.03. The summed E-state index contributed by atoms with van der Waals surface area (Å²) in [6, 6.07) is 0.0207. The molecule has 5 nitrogen and oxygen atoms in total. The molecule has 0 aliphatic carbocycles. The first kappa shape index (κ1) is 16.7. The van der Waals surface area contributed by atoms with Crippen LogP contribution in [0.3, 0.4) is 0 Å². The molecule has 0 rings (SSSR count). The zero-order chi connectivity index (χ0) is 14.5. The van der Waals surface area contributed by atoms with Crippen molar-refractivity contribution in [3.63, 3.8) is 0 Å². The minimum Gasteiger partial charge on any atom is -0.444 e. The van der Waals surface area contributed by atoms with Crippen molar-refractivity contribution in [3.8, 4) is 0 Å². The standard InChI is InChI=1S/C13H26N2O3/c1-9(10(2)14-11(3)16)8-15(7)12(17)18-13(4,5)6/h9-10H,8H2,1-7H3,(H,14,16). The van der Waals surface area contributed by atoms with Crippen LogP contribution in [0.5, 0.6) is 0 Å². The summed E-state index contributed by atoms with van der Waals surface area (Å²) in [5, 5.41) is 2.82. The van der Waals surface area contributed by atoms with E-state index in [0.717, 1.165) is 0 Å². The molecule has 5 heteroatoms. The van der Waals surface area contributed by atoms with Crippen LogP contribution >= 0.6 is 0 Å². The summed E-state index contributed by atoms with van der Waals surface area (Å²) in [5.41, 5.74) is -0.488. The number of carbonyl (C=O) groups excluding carboxylic acids is 2. The monoisotopic (exact) mass is 258 g/mol. The van der Waals surface area contributed by atoms with E-state index < -0.39 is 5.60 Å². The Morgan fingerprint density at radius 3 is 2.17 bits per heavy atom. The SMILES string of the molecule is CC(=O)NC(C)C(C)CN(C)C(=O)OC(C)(C)C. The predicted molar refractivity (Wildman–Crippen MR) is 71.3 cm³/mol. The fourth-order valence-electron chi connectivity index (χ4n) is 1.47. The van der Waals surface area contributed by atoms with E-state index in [4.69, 9.17) is 4.74 Å². The Morgan fingerprint density at radius 2 is 1.78 bits per heavy atom. The van der Waals surface area contributed by atoms with Crippen LogP contribution in [0.1, 0.15) is 41.5 Å². The van der Waals surface area contributed by atoms with Gasteiger partial charge in [-0.3, -0.25) is 4.79 Å². The molecule has 0 aromatic rings. The molecule has 0 heterocycles. The number of carbonyl (C=O) groups is 2. The lowest BCUT2D eigenvalue weighted by Crippen LogP contribution is -2.43. The summed E-state index contributed by atoms with van der Waals surface area (Å²) in [7, 11) is 1.70. The molecule has 18 heavy (non-hydrogen) atoms. The zero-order valence-corrected chi connectivity index (χ0v) is 12.5. The molecule has 2 unspecified atom stereocenters. The van der Waals surface area contributed by atoms with E-state index in [-0.39, 0.29) is 24.0 Å². The highest BCUT2D eigenvalue weighted by atomic mass is 16.6. The Labute approximate surface area is 110 Å². The zero-order valence-electron chi connectivity index (χ0n) is 12.5. The van der Waals surface area contributed by atoms with Crippen molar-refractivity contribution < 1.29 is 14.3 Å². The van der Waals surface area contributed by atoms with E-state index in [1.165, 1.54) is 11.8 Å². The highest BCUT2D eigenvalue weighted by Crippen LogP contribution is 2.11. The number of rotatable bonds is 4. The molecule has 1 N–H and O–H groups in total. The summed E-state index contributed by atoms with van der Waals surface area (Å²) in [4.78, 5) is 24.2. The fourth-order valence-corrected chi connectivity index (χ4v) is 1.47. The Morgan fingerprint density at radius 1 is 1.28 bits per heavy atom. The molecule has 2 atom stereocenters. The summed E-state index contributed by atoms with van der Waals surface area (Å²) < 4.78 is 5.26. The van der Waals surface area contributed by atoms with Crippen molar-refractivity contribution >= 4 is 12.0 Å². The van der Waals surface area contributed by atoms with Crippen LogP contribution in [-0.2, 0) is 9.53 Å². The van der Waals surface area contributed by atoms with E-state index in [2.05, 4.69) is 5.32 Å². The van der Waals surface area contributed by atoms with Crippen molar-refractivity contribution in [2.75, 3.05) is 13.6 Å². The van der Waals surface area contributed by atoms with Gasteiger partial charge in [0, 0.05) is 26.6 Å². The molecule has 2 amide bonds. The van der Waals surface area contributed by atoms with Gasteiger partial charge in [0.25, 0.3) is 0 Å². The van der Waals surface area contributed by atoms with Crippen LogP contribution in [0, 0.1) is 5.92 Å². The van der Waals surface area contributed by atoms with Crippen LogP contribution < -0.4 is 5.32 Å². The Balaban J connectivity index is 4.26. The van der Waals surface area contributed by atoms with Crippen molar-refractivity contribution in [3.05, 3.63) is 0 Å². The molecule has 0 aliphatic heterocycles. The smallest absolute Gasteiger partial charge is 0.410 e. The molecule has 0 saturated carbocycles. The maximum absolute atomic E-state index is 11.8. The van der Waals surface area contributed by atoms with Gasteiger partial charge in [-0.15, -0.1) is 0 Å². The first-order valence-corrected chi connectivity index (χ1v) is 6.24. The molecule has 0 aromatic carbocycles. The third kappa shape index (κ3) is 7.14. The van der Waals surface area contributed by atoms with E-state index in [1.54, 1.807) is 7.05 Å². The van der Waals surface area contributed by atoms with Gasteiger partial charge in [-0.2, -0.15) is 0 Å². The van der Waals surface area contributed by atoms with Gasteiger partial charge in [-0.05, 0) is 33.6 Å². The maximum Gasteiger partial charge on any atom is 0.410 e. The van der Waals surface area contributed by atoms with Gasteiger partial charge in [0.1, 0.15) is 5.60 Å². The number of nitrogens with one attached hydrogen (secondary N) is 1. The average molecular weight is 258 g/mol. The first-order valence-electron chi connectivity index (χ1n) is 6.24. The van der Waals surface area contributed by atoms with Crippen molar-refractivity contribution in [2.24, 2.45) is 5.92 Å². The Hall–Kier alpha value is -1.26. The average Bonchev–Trinajstić information content (AvgIpc) is 2.13. The molecule has 0 bridgehead atoms. The van der Waals surface area contributed by atoms with Crippen LogP contribution in [-0.4, -0.2) is 42.1 Å². The van der Waals surface area contributed by atoms with Crippen LogP contribution in [0.25, 0.3) is 0 Å². The molecule has 0 radical (unpaired) electrons. The summed E-state index contributed by atoms with van der Waals surface area (Å²) in [5.74, 6) is 0.0979. The topological polar surface area (TPSA) is 58.6 Å². The van der Waals surface area contributed by atoms with Gasteiger partial charge in [-0.1, -0.05) is 6.92 Å². The van der Waals surface area contributed by atoms with Crippen molar-refractivity contribution in [1.82, 2.24) is 10.2 Å². The lowest BCUT2D eigenvalue weighted by atomic mass is 10.0. The number of amides is 2. The van der Waals surface area contributed by atoms with Gasteiger partial charge in [0.05, 0.1) is 0 Å². The maximum atomic E-state index is 11.8. The molecule has 0 spiro atoms. The number of hydrogen-bond acceptors (Lipinski definition) is 3. The molecule has 0 fully saturated rings. The predicted octanol–water partition coefficient (Wildman–Crippen LogP) is 2.01. The van der Waals surface area contributed by atoms with Crippen LogP contribution in [0.15, 0.2) is 0 Å². The summed E-state index contributed by atoms with van der Waals surface area (Å²) in [6.45, 7) is 11.4. The minimum atomic E-state index is -0.488. The highest BCUT2D eigenvalue weighted by Gasteiger charge is 2.22. The van der Waals surface area contributed by atoms with Crippen LogP contribution in [0.2, 0.25) is 0 Å². The van der Waals surface area contributed by atoms with Gasteiger partial charge in [0.2, 0.25) is 5.91 Å². The highest BCUT2D eigenvalue weighted by molar-refractivity contribution is 5.73. The molecule has 106 valence electrons. The Bertz CT molecular complexity index is 297. The van der Waals surface area contributed by atoms with Crippen molar-refractivity contribution in [1.29, 1.82) is 0 Å². The normalized spacial score (nSPS) is 14.6. The van der Waals surface area contributed by atoms with Gasteiger partial charge >= 0.3 is 6.09 Å². The lowest BCUT2D eigenvalue weighted by molar-refractivity contribution is -0.119. The molecular weight excluding hydrogens is 232 g/mol. The molecule has 0 aromatic heterocycles. The fraction of sp³-hybridized carbons (Fsp3) is 0.846. The van der Waals surface area contributed by atoms with E-state index in [9.17, 15) is 9.59 Å². The third-order valence-electron chi connectivity index (χ3n) is 2.55. The minimum absolute atomic E-state index is 0.0207. The largest absolute Gasteiger partial charge is 0.444 e. The van der Waals surface area contributed by atoms with Gasteiger partial charge in [0.15, 0.2) is 0 Å². The molecular formula is C13H26N2O3. The summed E-state index contributed by atoms with van der Waals surface area (Å²) >= 11 is 0. The number of ether oxygens (including phenoxy) is 1. The molecule has 0 saturated heterocycles. The second-order valence-electron chi connectivity index (χ2n) is 5.83. The van der Waals surface area contributed by atoms with Crippen molar-refractivity contribution in [2.45, 2.75) is 53.2 Å². The Kier molecular flexibility index (Phi) is 6.15. The second-order valence-corrected chi connectivity index (χ2v) is 5.83.